The van der Waals surface area contributed by atoms with Crippen LogP contribution < -0.4 is 10.1 Å². The van der Waals surface area contributed by atoms with E-state index in [1.807, 2.05) is 53.9 Å². The molecule has 0 radical (unpaired) electrons. The summed E-state index contributed by atoms with van der Waals surface area (Å²) in [4.78, 5) is 29.7. The maximum Gasteiger partial charge on any atom is 0.254 e. The smallest absolute Gasteiger partial charge is 0.254 e. The fourth-order valence-corrected chi connectivity index (χ4v) is 4.88. The van der Waals surface area contributed by atoms with Crippen LogP contribution in [-0.2, 0) is 9.53 Å². The minimum absolute atomic E-state index is 0.0866. The fourth-order valence-electron chi connectivity index (χ4n) is 4.01. The first kappa shape index (κ1) is 21.1. The van der Waals surface area contributed by atoms with E-state index in [1.165, 1.54) is 0 Å². The lowest BCUT2D eigenvalue weighted by Crippen LogP contribution is -2.47. The Bertz CT molecular complexity index is 1070. The lowest BCUT2D eigenvalue weighted by atomic mass is 9.81. The first-order valence-corrected chi connectivity index (χ1v) is 10.9. The van der Waals surface area contributed by atoms with E-state index in [1.54, 1.807) is 42.6 Å². The van der Waals surface area contributed by atoms with Gasteiger partial charge in [-0.25, -0.2) is 0 Å². The van der Waals surface area contributed by atoms with Gasteiger partial charge in [-0.05, 0) is 35.2 Å². The maximum absolute atomic E-state index is 13.6. The molecule has 1 aliphatic rings. The zero-order valence-corrected chi connectivity index (χ0v) is 18.2. The van der Waals surface area contributed by atoms with Crippen LogP contribution in [0.3, 0.4) is 0 Å². The average molecular weight is 437 g/mol. The number of thiophene rings is 1. The molecule has 0 spiro atoms. The second-order valence-electron chi connectivity index (χ2n) is 7.24. The zero-order chi connectivity index (χ0) is 21.8. The number of rotatable bonds is 7. The summed E-state index contributed by atoms with van der Waals surface area (Å²) in [5.41, 5.74) is 1.93. The van der Waals surface area contributed by atoms with Crippen molar-refractivity contribution < 1.29 is 19.1 Å². The number of hydrogen-bond acceptors (Lipinski definition) is 5. The molecule has 2 heterocycles. The summed E-state index contributed by atoms with van der Waals surface area (Å²) in [5, 5.41) is 4.99. The van der Waals surface area contributed by atoms with E-state index in [0.717, 1.165) is 10.4 Å². The van der Waals surface area contributed by atoms with Crippen molar-refractivity contribution >= 4 is 28.8 Å². The van der Waals surface area contributed by atoms with Gasteiger partial charge in [-0.1, -0.05) is 30.3 Å². The molecular weight excluding hydrogens is 412 g/mol. The molecule has 0 fully saturated rings. The predicted octanol–water partition coefficient (Wildman–Crippen LogP) is 4.32. The first-order valence-electron chi connectivity index (χ1n) is 10.0. The number of methoxy groups -OCH3 is 2. The van der Waals surface area contributed by atoms with Gasteiger partial charge in [-0.15, -0.1) is 11.3 Å². The predicted molar refractivity (Wildman–Crippen MR) is 121 cm³/mol. The van der Waals surface area contributed by atoms with Crippen LogP contribution in [0.15, 0.2) is 66.0 Å². The van der Waals surface area contributed by atoms with Crippen LogP contribution in [-0.4, -0.2) is 44.1 Å². The van der Waals surface area contributed by atoms with Crippen molar-refractivity contribution in [2.45, 2.75) is 12.0 Å². The van der Waals surface area contributed by atoms with Crippen LogP contribution in [0.1, 0.15) is 32.8 Å². The molecule has 2 unspecified atom stereocenters. The van der Waals surface area contributed by atoms with Crippen LogP contribution in [0.25, 0.3) is 0 Å². The van der Waals surface area contributed by atoms with Gasteiger partial charge in [0.1, 0.15) is 5.75 Å². The van der Waals surface area contributed by atoms with Gasteiger partial charge in [0.15, 0.2) is 0 Å². The molecule has 1 N–H and O–H groups in total. The number of nitrogens with one attached hydrogen (secondary N) is 1. The van der Waals surface area contributed by atoms with Crippen molar-refractivity contribution in [3.63, 3.8) is 0 Å². The summed E-state index contributed by atoms with van der Waals surface area (Å²) in [7, 11) is 3.19. The highest BCUT2D eigenvalue weighted by Gasteiger charge is 2.44. The molecule has 0 bridgehead atoms. The number of fused-ring (bicyclic) bond motifs is 1. The Morgan fingerprint density at radius 2 is 1.94 bits per heavy atom. The number of anilines is 1. The van der Waals surface area contributed by atoms with Gasteiger partial charge in [0, 0.05) is 35.8 Å². The number of carbonyl (C=O) groups is 2. The van der Waals surface area contributed by atoms with Gasteiger partial charge in [0.05, 0.1) is 25.7 Å². The van der Waals surface area contributed by atoms with E-state index in [-0.39, 0.29) is 11.8 Å². The Hall–Kier alpha value is -3.16. The van der Waals surface area contributed by atoms with Crippen LogP contribution in [0.5, 0.6) is 5.75 Å². The van der Waals surface area contributed by atoms with E-state index >= 15 is 0 Å². The largest absolute Gasteiger partial charge is 0.497 e. The quantitative estimate of drug-likeness (QED) is 0.599. The Kier molecular flexibility index (Phi) is 6.34. The summed E-state index contributed by atoms with van der Waals surface area (Å²) in [6, 6.07) is 18.1. The van der Waals surface area contributed by atoms with Crippen LogP contribution in [0, 0.1) is 0 Å². The summed E-state index contributed by atoms with van der Waals surface area (Å²) >= 11 is 1.54. The monoisotopic (exact) mass is 436 g/mol. The SMILES string of the molecule is COCCN1C(=O)c2ccccc2C(C(=O)Nc2cccc(OC)c2)C1c1cccs1. The maximum atomic E-state index is 13.6. The van der Waals surface area contributed by atoms with E-state index < -0.39 is 12.0 Å². The second kappa shape index (κ2) is 9.32. The fraction of sp³-hybridized carbons (Fsp3) is 0.250. The molecular formula is C24H24N2O4S. The van der Waals surface area contributed by atoms with Gasteiger partial charge in [-0.3, -0.25) is 9.59 Å². The third kappa shape index (κ3) is 4.19. The molecule has 2 atom stereocenters. The van der Waals surface area contributed by atoms with Crippen LogP contribution >= 0.6 is 11.3 Å². The third-order valence-corrected chi connectivity index (χ3v) is 6.37. The molecule has 6 nitrogen and oxygen atoms in total. The van der Waals surface area contributed by atoms with Gasteiger partial charge < -0.3 is 19.7 Å². The first-order chi connectivity index (χ1) is 15.1. The number of benzene rings is 2. The van der Waals surface area contributed by atoms with Gasteiger partial charge in [0.2, 0.25) is 5.91 Å². The topological polar surface area (TPSA) is 67.9 Å². The summed E-state index contributed by atoms with van der Waals surface area (Å²) in [6.45, 7) is 0.787. The number of nitrogens with zero attached hydrogens (tertiary/aromatic N) is 1. The van der Waals surface area contributed by atoms with Crippen molar-refractivity contribution in [1.82, 2.24) is 4.90 Å². The van der Waals surface area contributed by atoms with Crippen molar-refractivity contribution in [3.8, 4) is 5.75 Å². The number of carbonyl (C=O) groups excluding carboxylic acids is 2. The van der Waals surface area contributed by atoms with Crippen LogP contribution in [0.4, 0.5) is 5.69 Å². The van der Waals surface area contributed by atoms with Gasteiger partial charge >= 0.3 is 0 Å². The van der Waals surface area contributed by atoms with Gasteiger partial charge in [0.25, 0.3) is 5.91 Å². The average Bonchev–Trinajstić information content (AvgIpc) is 3.33. The van der Waals surface area contributed by atoms with Gasteiger partial charge in [-0.2, -0.15) is 0 Å². The zero-order valence-electron chi connectivity index (χ0n) is 17.4. The third-order valence-electron chi connectivity index (χ3n) is 5.43. The van der Waals surface area contributed by atoms with Crippen molar-refractivity contribution in [1.29, 1.82) is 0 Å². The minimum atomic E-state index is -0.560. The molecule has 7 heteroatoms. The molecule has 4 rings (SSSR count). The Balaban J connectivity index is 1.78. The van der Waals surface area contributed by atoms with E-state index in [0.29, 0.717) is 30.2 Å². The summed E-state index contributed by atoms with van der Waals surface area (Å²) in [6.07, 6.45) is 0. The van der Waals surface area contributed by atoms with Crippen molar-refractivity contribution in [3.05, 3.63) is 82.0 Å². The Morgan fingerprint density at radius 3 is 2.68 bits per heavy atom. The molecule has 160 valence electrons. The highest BCUT2D eigenvalue weighted by molar-refractivity contribution is 7.10. The molecule has 0 saturated carbocycles. The molecule has 31 heavy (non-hydrogen) atoms. The second-order valence-corrected chi connectivity index (χ2v) is 8.22. The van der Waals surface area contributed by atoms with Crippen molar-refractivity contribution in [2.75, 3.05) is 32.7 Å². The van der Waals surface area contributed by atoms with E-state index in [2.05, 4.69) is 5.32 Å². The minimum Gasteiger partial charge on any atom is -0.497 e. The lowest BCUT2D eigenvalue weighted by Gasteiger charge is -2.41. The summed E-state index contributed by atoms with van der Waals surface area (Å²) < 4.78 is 10.5. The molecule has 1 aliphatic heterocycles. The molecule has 0 aliphatic carbocycles. The number of hydrogen-bond donors (Lipinski definition) is 1. The standard InChI is InChI=1S/C24H24N2O4S/c1-29-13-12-26-22(20-11-6-14-31-20)21(18-9-3-4-10-19(18)24(26)28)23(27)25-16-7-5-8-17(15-16)30-2/h3-11,14-15,21-22H,12-13H2,1-2H3,(H,25,27). The van der Waals surface area contributed by atoms with Crippen LogP contribution in [0.2, 0.25) is 0 Å². The number of ether oxygens (including phenoxy) is 2. The highest BCUT2D eigenvalue weighted by atomic mass is 32.1. The Labute approximate surface area is 185 Å². The lowest BCUT2D eigenvalue weighted by molar-refractivity contribution is -0.119. The highest BCUT2D eigenvalue weighted by Crippen LogP contribution is 2.44. The van der Waals surface area contributed by atoms with E-state index in [9.17, 15) is 9.59 Å². The summed E-state index contributed by atoms with van der Waals surface area (Å²) in [5.74, 6) is -0.158. The molecule has 3 aromatic rings. The number of amides is 2. The van der Waals surface area contributed by atoms with Crippen molar-refractivity contribution in [2.24, 2.45) is 0 Å². The molecule has 1 aromatic heterocycles. The molecule has 0 saturated heterocycles. The van der Waals surface area contributed by atoms with E-state index in [4.69, 9.17) is 9.47 Å². The Morgan fingerprint density at radius 1 is 1.10 bits per heavy atom. The molecule has 2 aromatic carbocycles. The molecule has 2 amide bonds. The normalized spacial score (nSPS) is 17.9.